The van der Waals surface area contributed by atoms with Crippen molar-refractivity contribution in [2.45, 2.75) is 32.4 Å². The SMILES string of the molecule is COC(=O)C1CC(O)CN1C(=O)c1cc(C)nnc1C. The second-order valence-electron chi connectivity index (χ2n) is 4.87. The van der Waals surface area contributed by atoms with E-state index in [1.807, 2.05) is 0 Å². The van der Waals surface area contributed by atoms with E-state index < -0.39 is 18.1 Å². The first-order chi connectivity index (χ1) is 9.43. The average Bonchev–Trinajstić information content (AvgIpc) is 2.82. The van der Waals surface area contributed by atoms with Gasteiger partial charge in [0.2, 0.25) is 0 Å². The van der Waals surface area contributed by atoms with Crippen LogP contribution < -0.4 is 0 Å². The smallest absolute Gasteiger partial charge is 0.328 e. The average molecular weight is 279 g/mol. The van der Waals surface area contributed by atoms with E-state index in [4.69, 9.17) is 0 Å². The van der Waals surface area contributed by atoms with E-state index in [0.29, 0.717) is 17.0 Å². The zero-order chi connectivity index (χ0) is 14.9. The summed E-state index contributed by atoms with van der Waals surface area (Å²) in [7, 11) is 1.26. The molecule has 0 aliphatic carbocycles. The van der Waals surface area contributed by atoms with Crippen molar-refractivity contribution in [3.05, 3.63) is 23.0 Å². The number of carbonyl (C=O) groups is 2. The number of aryl methyl sites for hydroxylation is 2. The van der Waals surface area contributed by atoms with Gasteiger partial charge in [0.05, 0.1) is 30.2 Å². The van der Waals surface area contributed by atoms with Crippen LogP contribution in [0.1, 0.15) is 28.2 Å². The molecule has 1 aromatic rings. The van der Waals surface area contributed by atoms with Gasteiger partial charge in [-0.2, -0.15) is 10.2 Å². The van der Waals surface area contributed by atoms with Crippen LogP contribution in [0.25, 0.3) is 0 Å². The van der Waals surface area contributed by atoms with E-state index in [-0.39, 0.29) is 18.9 Å². The molecule has 0 aromatic carbocycles. The first-order valence-corrected chi connectivity index (χ1v) is 6.31. The number of hydrogen-bond acceptors (Lipinski definition) is 6. The zero-order valence-corrected chi connectivity index (χ0v) is 11.7. The second-order valence-corrected chi connectivity index (χ2v) is 4.87. The third-order valence-electron chi connectivity index (χ3n) is 3.34. The standard InChI is InChI=1S/C13H17N3O4/c1-7-4-10(8(2)15-14-7)12(18)16-6-9(17)5-11(16)13(19)20-3/h4,9,11,17H,5-6H2,1-3H3. The van der Waals surface area contributed by atoms with Gasteiger partial charge in [0.1, 0.15) is 6.04 Å². The van der Waals surface area contributed by atoms with Gasteiger partial charge >= 0.3 is 5.97 Å². The molecule has 0 radical (unpaired) electrons. The number of ether oxygens (including phenoxy) is 1. The number of β-amino-alcohol motifs (C(OH)–C–C–N with tert-alkyl or cyclic N) is 1. The number of hydrogen-bond donors (Lipinski definition) is 1. The van der Waals surface area contributed by atoms with E-state index in [1.54, 1.807) is 19.9 Å². The van der Waals surface area contributed by atoms with Gasteiger partial charge in [-0.1, -0.05) is 0 Å². The summed E-state index contributed by atoms with van der Waals surface area (Å²) in [5, 5.41) is 17.5. The molecule has 2 rings (SSSR count). The Morgan fingerprint density at radius 3 is 2.75 bits per heavy atom. The summed E-state index contributed by atoms with van der Waals surface area (Å²) >= 11 is 0. The van der Waals surface area contributed by atoms with Crippen LogP contribution in [0, 0.1) is 13.8 Å². The van der Waals surface area contributed by atoms with Gasteiger partial charge in [-0.25, -0.2) is 4.79 Å². The highest BCUT2D eigenvalue weighted by Gasteiger charge is 2.40. The van der Waals surface area contributed by atoms with Gasteiger partial charge in [-0.05, 0) is 19.9 Å². The fourth-order valence-corrected chi connectivity index (χ4v) is 2.32. The van der Waals surface area contributed by atoms with Gasteiger partial charge < -0.3 is 14.7 Å². The van der Waals surface area contributed by atoms with Crippen molar-refractivity contribution in [3.8, 4) is 0 Å². The first kappa shape index (κ1) is 14.4. The molecule has 108 valence electrons. The third kappa shape index (κ3) is 2.62. The molecule has 2 unspecified atom stereocenters. The van der Waals surface area contributed by atoms with E-state index >= 15 is 0 Å². The van der Waals surface area contributed by atoms with Crippen LogP contribution in [0.4, 0.5) is 0 Å². The molecule has 1 aliphatic rings. The molecule has 1 saturated heterocycles. The monoisotopic (exact) mass is 279 g/mol. The maximum atomic E-state index is 12.5. The molecule has 0 bridgehead atoms. The van der Waals surface area contributed by atoms with Gasteiger partial charge in [-0.3, -0.25) is 4.79 Å². The molecule has 1 fully saturated rings. The Labute approximate surface area is 116 Å². The molecule has 1 N–H and O–H groups in total. The van der Waals surface area contributed by atoms with Crippen molar-refractivity contribution < 1.29 is 19.4 Å². The Balaban J connectivity index is 2.31. The Morgan fingerprint density at radius 2 is 2.10 bits per heavy atom. The summed E-state index contributed by atoms with van der Waals surface area (Å²) in [6, 6.07) is 0.874. The van der Waals surface area contributed by atoms with Crippen LogP contribution in [0.15, 0.2) is 6.07 Å². The normalized spacial score (nSPS) is 21.9. The van der Waals surface area contributed by atoms with E-state index in [0.717, 1.165) is 0 Å². The minimum atomic E-state index is -0.754. The highest BCUT2D eigenvalue weighted by molar-refractivity contribution is 5.98. The predicted molar refractivity (Wildman–Crippen MR) is 69.0 cm³/mol. The van der Waals surface area contributed by atoms with Crippen molar-refractivity contribution in [2.75, 3.05) is 13.7 Å². The second kappa shape index (κ2) is 5.54. The first-order valence-electron chi connectivity index (χ1n) is 6.31. The fraction of sp³-hybridized carbons (Fsp3) is 0.538. The number of amides is 1. The lowest BCUT2D eigenvalue weighted by Crippen LogP contribution is -2.41. The van der Waals surface area contributed by atoms with Gasteiger partial charge in [-0.15, -0.1) is 0 Å². The molecule has 1 aliphatic heterocycles. The van der Waals surface area contributed by atoms with E-state index in [9.17, 15) is 14.7 Å². The number of aromatic nitrogens is 2. The number of carbonyl (C=O) groups excluding carboxylic acids is 2. The number of rotatable bonds is 2. The van der Waals surface area contributed by atoms with Crippen LogP contribution >= 0.6 is 0 Å². The van der Waals surface area contributed by atoms with Crippen LogP contribution in [0.5, 0.6) is 0 Å². The van der Waals surface area contributed by atoms with Gasteiger partial charge in [0.25, 0.3) is 5.91 Å². The minimum Gasteiger partial charge on any atom is -0.467 e. The number of nitrogens with zero attached hydrogens (tertiary/aromatic N) is 3. The number of aliphatic hydroxyl groups excluding tert-OH is 1. The Morgan fingerprint density at radius 1 is 1.40 bits per heavy atom. The Kier molecular flexibility index (Phi) is 3.99. The third-order valence-corrected chi connectivity index (χ3v) is 3.34. The predicted octanol–water partition coefficient (Wildman–Crippen LogP) is -0.158. The minimum absolute atomic E-state index is 0.111. The largest absolute Gasteiger partial charge is 0.467 e. The molecule has 2 heterocycles. The summed E-state index contributed by atoms with van der Waals surface area (Å²) in [5.74, 6) is -0.862. The van der Waals surface area contributed by atoms with Crippen molar-refractivity contribution in [1.29, 1.82) is 0 Å². The summed E-state index contributed by atoms with van der Waals surface area (Å²) < 4.78 is 4.68. The summed E-state index contributed by atoms with van der Waals surface area (Å²) in [5.41, 5.74) is 1.50. The van der Waals surface area contributed by atoms with E-state index in [2.05, 4.69) is 14.9 Å². The van der Waals surface area contributed by atoms with Crippen molar-refractivity contribution in [1.82, 2.24) is 15.1 Å². The van der Waals surface area contributed by atoms with Crippen molar-refractivity contribution >= 4 is 11.9 Å². The van der Waals surface area contributed by atoms with Crippen molar-refractivity contribution in [2.24, 2.45) is 0 Å². The maximum Gasteiger partial charge on any atom is 0.328 e. The zero-order valence-electron chi connectivity index (χ0n) is 11.7. The summed E-state index contributed by atoms with van der Waals surface area (Å²) in [4.78, 5) is 25.6. The number of aliphatic hydroxyl groups is 1. The molecular formula is C13H17N3O4. The lowest BCUT2D eigenvalue weighted by molar-refractivity contribution is -0.145. The lowest BCUT2D eigenvalue weighted by Gasteiger charge is -2.22. The molecule has 1 amide bonds. The highest BCUT2D eigenvalue weighted by Crippen LogP contribution is 2.22. The van der Waals surface area contributed by atoms with Gasteiger partial charge in [0, 0.05) is 13.0 Å². The Hall–Kier alpha value is -2.02. The molecule has 20 heavy (non-hydrogen) atoms. The van der Waals surface area contributed by atoms with Crippen LogP contribution in [0.3, 0.4) is 0 Å². The maximum absolute atomic E-state index is 12.5. The molecule has 7 heteroatoms. The van der Waals surface area contributed by atoms with Crippen molar-refractivity contribution in [3.63, 3.8) is 0 Å². The number of esters is 1. The molecule has 1 aromatic heterocycles. The molecule has 7 nitrogen and oxygen atoms in total. The molecule has 0 saturated carbocycles. The molecule has 0 spiro atoms. The summed E-state index contributed by atoms with van der Waals surface area (Å²) in [6.45, 7) is 3.53. The quantitative estimate of drug-likeness (QED) is 0.756. The fourth-order valence-electron chi connectivity index (χ4n) is 2.32. The van der Waals surface area contributed by atoms with Crippen LogP contribution in [-0.2, 0) is 9.53 Å². The highest BCUT2D eigenvalue weighted by atomic mass is 16.5. The summed E-state index contributed by atoms with van der Waals surface area (Å²) in [6.07, 6.45) is -0.533. The van der Waals surface area contributed by atoms with E-state index in [1.165, 1.54) is 12.0 Å². The van der Waals surface area contributed by atoms with Gasteiger partial charge in [0.15, 0.2) is 0 Å². The number of likely N-dealkylation sites (tertiary alicyclic amines) is 1. The van der Waals surface area contributed by atoms with Crippen LogP contribution in [-0.4, -0.2) is 57.9 Å². The lowest BCUT2D eigenvalue weighted by atomic mass is 10.1. The Bertz CT molecular complexity index is 546. The molecule has 2 atom stereocenters. The topological polar surface area (TPSA) is 92.6 Å². The number of methoxy groups -OCH3 is 1. The molecular weight excluding hydrogens is 262 g/mol. The van der Waals surface area contributed by atoms with Crippen LogP contribution in [0.2, 0.25) is 0 Å².